The summed E-state index contributed by atoms with van der Waals surface area (Å²) in [6.07, 6.45) is 1.75. The largest absolute Gasteiger partial charge is 0.493 e. The summed E-state index contributed by atoms with van der Waals surface area (Å²) < 4.78 is 11.1. The third-order valence-corrected chi connectivity index (χ3v) is 3.55. The van der Waals surface area contributed by atoms with E-state index in [-0.39, 0.29) is 12.2 Å². The van der Waals surface area contributed by atoms with Gasteiger partial charge in [0.25, 0.3) is 0 Å². The van der Waals surface area contributed by atoms with Crippen molar-refractivity contribution in [2.75, 3.05) is 20.2 Å². The van der Waals surface area contributed by atoms with Crippen molar-refractivity contribution in [2.45, 2.75) is 45.4 Å². The number of methoxy groups -OCH3 is 1. The zero-order valence-electron chi connectivity index (χ0n) is 12.6. The molecule has 1 saturated heterocycles. The van der Waals surface area contributed by atoms with Crippen LogP contribution in [0.2, 0.25) is 0 Å². The Morgan fingerprint density at radius 3 is 2.55 bits per heavy atom. The number of piperidine rings is 1. The highest BCUT2D eigenvalue weighted by atomic mass is 16.5. The second-order valence-corrected chi connectivity index (χ2v) is 5.66. The molecule has 1 heterocycles. The molecule has 1 aliphatic heterocycles. The van der Waals surface area contributed by atoms with Gasteiger partial charge in [0, 0.05) is 19.6 Å². The van der Waals surface area contributed by atoms with Crippen LogP contribution in [0.1, 0.15) is 32.3 Å². The molecule has 0 bridgehead atoms. The number of ether oxygens (including phenoxy) is 2. The van der Waals surface area contributed by atoms with Crippen LogP contribution >= 0.6 is 0 Å². The molecule has 0 saturated carbocycles. The van der Waals surface area contributed by atoms with Gasteiger partial charge in [-0.15, -0.1) is 0 Å². The minimum absolute atomic E-state index is 0.123. The third-order valence-electron chi connectivity index (χ3n) is 3.55. The van der Waals surface area contributed by atoms with Crippen LogP contribution in [-0.2, 0) is 6.54 Å². The molecule has 1 fully saturated rings. The first-order valence-corrected chi connectivity index (χ1v) is 7.32. The summed E-state index contributed by atoms with van der Waals surface area (Å²) in [6.45, 7) is 6.81. The number of aliphatic hydroxyl groups is 1. The second-order valence-electron chi connectivity index (χ2n) is 5.66. The Kier molecular flexibility index (Phi) is 5.26. The van der Waals surface area contributed by atoms with Crippen molar-refractivity contribution < 1.29 is 14.6 Å². The molecule has 2 rings (SSSR count). The number of nitrogens with zero attached hydrogens (tertiary/aromatic N) is 1. The van der Waals surface area contributed by atoms with Crippen LogP contribution in [0.3, 0.4) is 0 Å². The Morgan fingerprint density at radius 2 is 1.95 bits per heavy atom. The van der Waals surface area contributed by atoms with Crippen molar-refractivity contribution in [3.8, 4) is 11.5 Å². The van der Waals surface area contributed by atoms with Crippen molar-refractivity contribution in [1.29, 1.82) is 0 Å². The molecule has 0 aliphatic carbocycles. The lowest BCUT2D eigenvalue weighted by Gasteiger charge is -2.29. The number of hydrogen-bond acceptors (Lipinski definition) is 4. The maximum atomic E-state index is 9.53. The van der Waals surface area contributed by atoms with Crippen molar-refractivity contribution in [3.63, 3.8) is 0 Å². The molecule has 112 valence electrons. The van der Waals surface area contributed by atoms with Crippen molar-refractivity contribution in [2.24, 2.45) is 0 Å². The predicted octanol–water partition coefficient (Wildman–Crippen LogP) is 2.44. The van der Waals surface area contributed by atoms with E-state index >= 15 is 0 Å². The predicted molar refractivity (Wildman–Crippen MR) is 79.3 cm³/mol. The number of hydrogen-bond donors (Lipinski definition) is 1. The van der Waals surface area contributed by atoms with E-state index in [0.717, 1.165) is 44.0 Å². The monoisotopic (exact) mass is 279 g/mol. The van der Waals surface area contributed by atoms with Gasteiger partial charge in [0.1, 0.15) is 0 Å². The van der Waals surface area contributed by atoms with Crippen LogP contribution in [0.15, 0.2) is 18.2 Å². The summed E-state index contributed by atoms with van der Waals surface area (Å²) in [4.78, 5) is 2.37. The smallest absolute Gasteiger partial charge is 0.161 e. The quantitative estimate of drug-likeness (QED) is 0.899. The number of benzene rings is 1. The van der Waals surface area contributed by atoms with Crippen LogP contribution in [0, 0.1) is 0 Å². The highest BCUT2D eigenvalue weighted by Gasteiger charge is 2.17. The molecule has 0 unspecified atom stereocenters. The zero-order valence-corrected chi connectivity index (χ0v) is 12.6. The lowest BCUT2D eigenvalue weighted by Crippen LogP contribution is -2.35. The maximum Gasteiger partial charge on any atom is 0.161 e. The summed E-state index contributed by atoms with van der Waals surface area (Å²) in [5.41, 5.74) is 1.22. The van der Waals surface area contributed by atoms with E-state index in [9.17, 15) is 5.11 Å². The fourth-order valence-corrected chi connectivity index (χ4v) is 2.50. The fourth-order valence-electron chi connectivity index (χ4n) is 2.50. The molecular formula is C16H25NO3. The molecular weight excluding hydrogens is 254 g/mol. The Hall–Kier alpha value is -1.26. The Bertz CT molecular complexity index is 426. The summed E-state index contributed by atoms with van der Waals surface area (Å²) in [7, 11) is 1.67. The van der Waals surface area contributed by atoms with Crippen molar-refractivity contribution in [1.82, 2.24) is 4.90 Å². The van der Waals surface area contributed by atoms with Crippen LogP contribution in [0.5, 0.6) is 11.5 Å². The lowest BCUT2D eigenvalue weighted by molar-refractivity contribution is 0.0792. The van der Waals surface area contributed by atoms with Crippen molar-refractivity contribution in [3.05, 3.63) is 23.8 Å². The van der Waals surface area contributed by atoms with Crippen LogP contribution in [0.25, 0.3) is 0 Å². The van der Waals surface area contributed by atoms with Gasteiger partial charge in [-0.2, -0.15) is 0 Å². The standard InChI is InChI=1S/C16H25NO3/c1-12(2)20-15-5-4-13(10-16(15)19-3)11-17-8-6-14(18)7-9-17/h4-5,10,12,14,18H,6-9,11H2,1-3H3. The van der Waals surface area contributed by atoms with Crippen LogP contribution in [0.4, 0.5) is 0 Å². The molecule has 1 aromatic carbocycles. The van der Waals surface area contributed by atoms with Crippen LogP contribution in [-0.4, -0.2) is 42.4 Å². The molecule has 4 nitrogen and oxygen atoms in total. The van der Waals surface area contributed by atoms with E-state index < -0.39 is 0 Å². The molecule has 20 heavy (non-hydrogen) atoms. The third kappa shape index (κ3) is 4.12. The van der Waals surface area contributed by atoms with Gasteiger partial charge in [-0.1, -0.05) is 6.07 Å². The van der Waals surface area contributed by atoms with E-state index in [4.69, 9.17) is 9.47 Å². The average molecular weight is 279 g/mol. The summed E-state index contributed by atoms with van der Waals surface area (Å²) in [5.74, 6) is 1.58. The molecule has 0 amide bonds. The van der Waals surface area contributed by atoms with E-state index in [1.165, 1.54) is 5.56 Å². The molecule has 1 aromatic rings. The van der Waals surface area contributed by atoms with Gasteiger partial charge < -0.3 is 14.6 Å². The molecule has 0 radical (unpaired) electrons. The topological polar surface area (TPSA) is 41.9 Å². The normalized spacial score (nSPS) is 17.4. The fraction of sp³-hybridized carbons (Fsp3) is 0.625. The first kappa shape index (κ1) is 15.1. The first-order valence-electron chi connectivity index (χ1n) is 7.32. The van der Waals surface area contributed by atoms with Gasteiger partial charge in [0.2, 0.25) is 0 Å². The second kappa shape index (κ2) is 6.95. The average Bonchev–Trinajstić information content (AvgIpc) is 2.42. The minimum Gasteiger partial charge on any atom is -0.493 e. The first-order chi connectivity index (χ1) is 9.58. The van der Waals surface area contributed by atoms with Gasteiger partial charge in [0.15, 0.2) is 11.5 Å². The van der Waals surface area contributed by atoms with Gasteiger partial charge in [0.05, 0.1) is 19.3 Å². The summed E-state index contributed by atoms with van der Waals surface area (Å²) >= 11 is 0. The molecule has 0 atom stereocenters. The number of rotatable bonds is 5. The molecule has 0 spiro atoms. The van der Waals surface area contributed by atoms with E-state index in [1.807, 2.05) is 26.0 Å². The van der Waals surface area contributed by atoms with Gasteiger partial charge in [-0.3, -0.25) is 4.90 Å². The van der Waals surface area contributed by atoms with Crippen molar-refractivity contribution >= 4 is 0 Å². The number of aliphatic hydroxyl groups excluding tert-OH is 1. The Labute approximate surface area is 121 Å². The molecule has 0 aromatic heterocycles. The lowest BCUT2D eigenvalue weighted by atomic mass is 10.1. The highest BCUT2D eigenvalue weighted by Crippen LogP contribution is 2.29. The summed E-state index contributed by atoms with van der Waals surface area (Å²) in [5, 5.41) is 9.53. The maximum absolute atomic E-state index is 9.53. The van der Waals surface area contributed by atoms with Gasteiger partial charge >= 0.3 is 0 Å². The number of likely N-dealkylation sites (tertiary alicyclic amines) is 1. The van der Waals surface area contributed by atoms with Gasteiger partial charge in [-0.05, 0) is 44.4 Å². The summed E-state index contributed by atoms with van der Waals surface area (Å²) in [6, 6.07) is 6.11. The van der Waals surface area contributed by atoms with E-state index in [0.29, 0.717) is 0 Å². The SMILES string of the molecule is COc1cc(CN2CCC(O)CC2)ccc1OC(C)C. The van der Waals surface area contributed by atoms with Crippen LogP contribution < -0.4 is 9.47 Å². The molecule has 1 aliphatic rings. The molecule has 4 heteroatoms. The zero-order chi connectivity index (χ0) is 14.5. The minimum atomic E-state index is -0.123. The molecule has 1 N–H and O–H groups in total. The highest BCUT2D eigenvalue weighted by molar-refractivity contribution is 5.43. The van der Waals surface area contributed by atoms with E-state index in [1.54, 1.807) is 7.11 Å². The van der Waals surface area contributed by atoms with Gasteiger partial charge in [-0.25, -0.2) is 0 Å². The van der Waals surface area contributed by atoms with E-state index in [2.05, 4.69) is 11.0 Å². The Morgan fingerprint density at radius 1 is 1.25 bits per heavy atom. The Balaban J connectivity index is 2.02.